The van der Waals surface area contributed by atoms with Crippen LogP contribution in [0, 0.1) is 5.41 Å². The van der Waals surface area contributed by atoms with E-state index < -0.39 is 21.4 Å². The van der Waals surface area contributed by atoms with Gasteiger partial charge in [-0.25, -0.2) is 12.7 Å². The number of carboxylic acids is 1. The van der Waals surface area contributed by atoms with Crippen LogP contribution in [-0.4, -0.2) is 47.6 Å². The molecular formula is C13H18N2O4S. The first-order valence-corrected chi connectivity index (χ1v) is 8.06. The maximum Gasteiger partial charge on any atom is 0.310 e. The predicted octanol–water partition coefficient (Wildman–Crippen LogP) is 0.750. The van der Waals surface area contributed by atoms with E-state index in [1.54, 1.807) is 25.3 Å². The van der Waals surface area contributed by atoms with Crippen molar-refractivity contribution in [1.29, 1.82) is 0 Å². The Kier molecular flexibility index (Phi) is 4.10. The van der Waals surface area contributed by atoms with Crippen LogP contribution in [0.2, 0.25) is 0 Å². The molecule has 0 saturated carbocycles. The summed E-state index contributed by atoms with van der Waals surface area (Å²) in [4.78, 5) is 15.2. The first-order chi connectivity index (χ1) is 9.33. The number of pyridine rings is 1. The van der Waals surface area contributed by atoms with E-state index in [-0.39, 0.29) is 18.8 Å². The van der Waals surface area contributed by atoms with Gasteiger partial charge in [0.25, 0.3) is 0 Å². The monoisotopic (exact) mass is 298 g/mol. The van der Waals surface area contributed by atoms with E-state index in [0.717, 1.165) is 5.69 Å². The molecule has 2 rings (SSSR count). The fourth-order valence-corrected chi connectivity index (χ4v) is 3.82. The van der Waals surface area contributed by atoms with Gasteiger partial charge in [0.1, 0.15) is 0 Å². The number of hydrogen-bond acceptors (Lipinski definition) is 4. The van der Waals surface area contributed by atoms with Crippen molar-refractivity contribution in [2.45, 2.75) is 19.8 Å². The summed E-state index contributed by atoms with van der Waals surface area (Å²) >= 11 is 0. The van der Waals surface area contributed by atoms with Crippen LogP contribution in [0.3, 0.4) is 0 Å². The Hall–Kier alpha value is -1.47. The van der Waals surface area contributed by atoms with Crippen molar-refractivity contribution in [3.63, 3.8) is 0 Å². The van der Waals surface area contributed by atoms with E-state index in [9.17, 15) is 13.2 Å². The lowest BCUT2D eigenvalue weighted by atomic mass is 9.90. The molecule has 1 atom stereocenters. The van der Waals surface area contributed by atoms with Crippen LogP contribution in [0.15, 0.2) is 24.4 Å². The molecule has 7 heteroatoms. The molecule has 1 aromatic rings. The van der Waals surface area contributed by atoms with E-state index in [1.165, 1.54) is 4.31 Å². The normalized spacial score (nSPS) is 23.9. The number of aryl methyl sites for hydroxylation is 1. The van der Waals surface area contributed by atoms with Crippen molar-refractivity contribution in [3.05, 3.63) is 30.1 Å². The SMILES string of the molecule is C[C@@]1(C(=O)O)CCN(S(=O)(=O)CCc2ccccn2)C1. The molecule has 1 N–H and O–H groups in total. The van der Waals surface area contributed by atoms with Crippen LogP contribution < -0.4 is 0 Å². The maximum atomic E-state index is 12.2. The lowest BCUT2D eigenvalue weighted by Gasteiger charge is -2.19. The second-order valence-corrected chi connectivity index (χ2v) is 7.42. The Labute approximate surface area is 118 Å². The molecule has 0 spiro atoms. The zero-order chi connectivity index (χ0) is 14.8. The highest BCUT2D eigenvalue weighted by Crippen LogP contribution is 2.31. The first kappa shape index (κ1) is 14.9. The number of carbonyl (C=O) groups is 1. The van der Waals surface area contributed by atoms with Gasteiger partial charge < -0.3 is 5.11 Å². The molecule has 0 aromatic carbocycles. The summed E-state index contributed by atoms with van der Waals surface area (Å²) in [6.45, 7) is 1.91. The first-order valence-electron chi connectivity index (χ1n) is 6.45. The third kappa shape index (κ3) is 3.16. The van der Waals surface area contributed by atoms with Crippen molar-refractivity contribution in [1.82, 2.24) is 9.29 Å². The van der Waals surface area contributed by atoms with Gasteiger partial charge in [-0.3, -0.25) is 9.78 Å². The quantitative estimate of drug-likeness (QED) is 0.866. The molecule has 6 nitrogen and oxygen atoms in total. The van der Waals surface area contributed by atoms with Gasteiger partial charge in [0.05, 0.1) is 11.2 Å². The predicted molar refractivity (Wildman–Crippen MR) is 73.7 cm³/mol. The molecule has 1 saturated heterocycles. The van der Waals surface area contributed by atoms with Crippen LogP contribution in [0.5, 0.6) is 0 Å². The third-order valence-corrected chi connectivity index (χ3v) is 5.51. The minimum Gasteiger partial charge on any atom is -0.481 e. The lowest BCUT2D eigenvalue weighted by molar-refractivity contribution is -0.146. The van der Waals surface area contributed by atoms with Crippen LogP contribution in [-0.2, 0) is 21.2 Å². The van der Waals surface area contributed by atoms with Gasteiger partial charge in [-0.15, -0.1) is 0 Å². The van der Waals surface area contributed by atoms with Gasteiger partial charge >= 0.3 is 5.97 Å². The minimum absolute atomic E-state index is 0.0420. The highest BCUT2D eigenvalue weighted by Gasteiger charge is 2.44. The molecule has 0 aliphatic carbocycles. The van der Waals surface area contributed by atoms with E-state index >= 15 is 0 Å². The second-order valence-electron chi connectivity index (χ2n) is 5.34. The summed E-state index contributed by atoms with van der Waals surface area (Å²) in [5.74, 6) is -0.986. The molecule has 1 fully saturated rings. The Morgan fingerprint density at radius 3 is 2.80 bits per heavy atom. The maximum absolute atomic E-state index is 12.2. The molecule has 0 radical (unpaired) electrons. The smallest absolute Gasteiger partial charge is 0.310 e. The molecule has 1 aromatic heterocycles. The molecule has 1 aliphatic heterocycles. The Bertz CT molecular complexity index is 588. The van der Waals surface area contributed by atoms with Gasteiger partial charge in [-0.2, -0.15) is 0 Å². The van der Waals surface area contributed by atoms with Crippen LogP contribution in [0.25, 0.3) is 0 Å². The zero-order valence-corrected chi connectivity index (χ0v) is 12.1. The van der Waals surface area contributed by atoms with E-state index in [4.69, 9.17) is 5.11 Å². The number of nitrogens with zero attached hydrogens (tertiary/aromatic N) is 2. The molecule has 2 heterocycles. The van der Waals surface area contributed by atoms with E-state index in [1.807, 2.05) is 6.07 Å². The topological polar surface area (TPSA) is 87.6 Å². The number of aromatic nitrogens is 1. The van der Waals surface area contributed by atoms with Crippen LogP contribution in [0.1, 0.15) is 19.0 Å². The van der Waals surface area contributed by atoms with Crippen LogP contribution in [0.4, 0.5) is 0 Å². The number of aliphatic carboxylic acids is 1. The summed E-state index contributed by atoms with van der Waals surface area (Å²) in [6.07, 6.45) is 2.31. The minimum atomic E-state index is -3.43. The van der Waals surface area contributed by atoms with E-state index in [2.05, 4.69) is 4.98 Å². The Morgan fingerprint density at radius 1 is 1.50 bits per heavy atom. The summed E-state index contributed by atoms with van der Waals surface area (Å²) in [5, 5.41) is 9.13. The average Bonchev–Trinajstić information content (AvgIpc) is 2.83. The van der Waals surface area contributed by atoms with Gasteiger partial charge in [-0.05, 0) is 25.5 Å². The summed E-state index contributed by atoms with van der Waals surface area (Å²) in [7, 11) is -3.43. The fraction of sp³-hybridized carbons (Fsp3) is 0.538. The summed E-state index contributed by atoms with van der Waals surface area (Å²) in [5.41, 5.74) is -0.255. The van der Waals surface area contributed by atoms with Crippen LogP contribution >= 0.6 is 0 Å². The second kappa shape index (κ2) is 5.49. The fourth-order valence-electron chi connectivity index (χ4n) is 2.24. The van der Waals surface area contributed by atoms with Crippen molar-refractivity contribution in [2.75, 3.05) is 18.8 Å². The summed E-state index contributed by atoms with van der Waals surface area (Å²) in [6, 6.07) is 5.37. The lowest BCUT2D eigenvalue weighted by Crippen LogP contribution is -2.36. The molecule has 20 heavy (non-hydrogen) atoms. The highest BCUT2D eigenvalue weighted by atomic mass is 32.2. The number of rotatable bonds is 5. The van der Waals surface area contributed by atoms with Gasteiger partial charge in [-0.1, -0.05) is 6.07 Å². The Morgan fingerprint density at radius 2 is 2.25 bits per heavy atom. The molecule has 0 unspecified atom stereocenters. The van der Waals surface area contributed by atoms with Crippen molar-refractivity contribution >= 4 is 16.0 Å². The van der Waals surface area contributed by atoms with Gasteiger partial charge in [0, 0.05) is 31.4 Å². The highest BCUT2D eigenvalue weighted by molar-refractivity contribution is 7.89. The van der Waals surface area contributed by atoms with E-state index in [0.29, 0.717) is 12.8 Å². The largest absolute Gasteiger partial charge is 0.481 e. The van der Waals surface area contributed by atoms with Crippen molar-refractivity contribution in [3.8, 4) is 0 Å². The number of carboxylic acid groups (broad SMARTS) is 1. The molecular weight excluding hydrogens is 280 g/mol. The summed E-state index contributed by atoms with van der Waals surface area (Å²) < 4.78 is 25.7. The molecule has 0 amide bonds. The standard InChI is InChI=1S/C13H18N2O4S/c1-13(12(16)17)6-8-15(10-13)20(18,19)9-5-11-4-2-3-7-14-11/h2-4,7H,5-6,8-10H2,1H3,(H,16,17)/t13-/m1/s1. The average molecular weight is 298 g/mol. The number of sulfonamides is 1. The van der Waals surface area contributed by atoms with Gasteiger partial charge in [0.15, 0.2) is 0 Å². The molecule has 1 aliphatic rings. The zero-order valence-electron chi connectivity index (χ0n) is 11.3. The van der Waals surface area contributed by atoms with Gasteiger partial charge in [0.2, 0.25) is 10.0 Å². The Balaban J connectivity index is 2.00. The third-order valence-electron chi connectivity index (χ3n) is 3.69. The molecule has 110 valence electrons. The number of hydrogen-bond donors (Lipinski definition) is 1. The molecule has 0 bridgehead atoms. The van der Waals surface area contributed by atoms with Crippen molar-refractivity contribution in [2.24, 2.45) is 5.41 Å². The van der Waals surface area contributed by atoms with Crippen molar-refractivity contribution < 1.29 is 18.3 Å².